The SMILES string of the molecule is O=S(=O)(OC1=CSCC1)C(F)(F)F. The predicted molar refractivity (Wildman–Crippen MR) is 41.2 cm³/mol. The third-order valence-corrected chi connectivity index (χ3v) is 3.05. The molecule has 13 heavy (non-hydrogen) atoms. The molecule has 8 heteroatoms. The summed E-state index contributed by atoms with van der Waals surface area (Å²) in [7, 11) is -5.46. The molecule has 0 aromatic heterocycles. The van der Waals surface area contributed by atoms with Crippen LogP contribution in [0.1, 0.15) is 6.42 Å². The van der Waals surface area contributed by atoms with Crippen molar-refractivity contribution in [1.82, 2.24) is 0 Å². The smallest absolute Gasteiger partial charge is 0.380 e. The first-order valence-corrected chi connectivity index (χ1v) is 5.60. The normalized spacial score (nSPS) is 18.5. The van der Waals surface area contributed by atoms with Gasteiger partial charge in [0.05, 0.1) is 0 Å². The van der Waals surface area contributed by atoms with Gasteiger partial charge in [-0.2, -0.15) is 21.6 Å². The summed E-state index contributed by atoms with van der Waals surface area (Å²) in [6, 6.07) is 0. The number of alkyl halides is 3. The van der Waals surface area contributed by atoms with Crippen LogP contribution in [0.15, 0.2) is 11.2 Å². The van der Waals surface area contributed by atoms with Crippen molar-refractivity contribution in [3.63, 3.8) is 0 Å². The zero-order valence-corrected chi connectivity index (χ0v) is 7.80. The lowest BCUT2D eigenvalue weighted by atomic mass is 10.4. The zero-order chi connectivity index (χ0) is 10.1. The fraction of sp³-hybridized carbons (Fsp3) is 0.600. The Morgan fingerprint density at radius 3 is 2.46 bits per heavy atom. The van der Waals surface area contributed by atoms with Crippen LogP contribution in [0.3, 0.4) is 0 Å². The quantitative estimate of drug-likeness (QED) is 0.540. The fourth-order valence-corrected chi connectivity index (χ4v) is 1.98. The molecule has 0 aliphatic carbocycles. The molecular formula is C5H5F3O3S2. The Morgan fingerprint density at radius 2 is 2.08 bits per heavy atom. The summed E-state index contributed by atoms with van der Waals surface area (Å²) in [4.78, 5) is 0. The van der Waals surface area contributed by atoms with Crippen LogP contribution in [0.25, 0.3) is 0 Å². The van der Waals surface area contributed by atoms with E-state index >= 15 is 0 Å². The lowest BCUT2D eigenvalue weighted by molar-refractivity contribution is -0.0522. The average molecular weight is 234 g/mol. The molecule has 0 bridgehead atoms. The average Bonchev–Trinajstić information content (AvgIpc) is 2.35. The number of thioether (sulfide) groups is 1. The Morgan fingerprint density at radius 1 is 1.46 bits per heavy atom. The second-order valence-electron chi connectivity index (χ2n) is 2.19. The van der Waals surface area contributed by atoms with Gasteiger partial charge in [-0.3, -0.25) is 0 Å². The molecule has 0 aromatic rings. The van der Waals surface area contributed by atoms with E-state index in [0.29, 0.717) is 5.75 Å². The van der Waals surface area contributed by atoms with Crippen molar-refractivity contribution >= 4 is 21.9 Å². The molecule has 1 heterocycles. The lowest BCUT2D eigenvalue weighted by Gasteiger charge is -2.08. The highest BCUT2D eigenvalue weighted by Gasteiger charge is 2.48. The van der Waals surface area contributed by atoms with Gasteiger partial charge in [-0.25, -0.2) is 0 Å². The highest BCUT2D eigenvalue weighted by molar-refractivity contribution is 8.02. The lowest BCUT2D eigenvalue weighted by Crippen LogP contribution is -2.25. The van der Waals surface area contributed by atoms with Crippen molar-refractivity contribution in [1.29, 1.82) is 0 Å². The van der Waals surface area contributed by atoms with Crippen LogP contribution in [0.4, 0.5) is 13.2 Å². The van der Waals surface area contributed by atoms with Crippen LogP contribution in [0.2, 0.25) is 0 Å². The van der Waals surface area contributed by atoms with Crippen LogP contribution >= 0.6 is 11.8 Å². The molecule has 0 atom stereocenters. The Hall–Kier alpha value is -0.370. The van der Waals surface area contributed by atoms with Gasteiger partial charge < -0.3 is 4.18 Å². The number of halogens is 3. The maximum Gasteiger partial charge on any atom is 0.534 e. The summed E-state index contributed by atoms with van der Waals surface area (Å²) in [5.74, 6) is 0.394. The van der Waals surface area contributed by atoms with E-state index in [2.05, 4.69) is 4.18 Å². The molecule has 0 radical (unpaired) electrons. The summed E-state index contributed by atoms with van der Waals surface area (Å²) < 4.78 is 59.9. The fourth-order valence-electron chi connectivity index (χ4n) is 0.620. The maximum absolute atomic E-state index is 11.7. The molecule has 0 aromatic carbocycles. The van der Waals surface area contributed by atoms with E-state index in [1.165, 1.54) is 17.2 Å². The molecule has 1 aliphatic heterocycles. The van der Waals surface area contributed by atoms with Gasteiger partial charge in [0.2, 0.25) is 0 Å². The monoisotopic (exact) mass is 234 g/mol. The summed E-state index contributed by atoms with van der Waals surface area (Å²) in [6.45, 7) is 0. The molecule has 0 amide bonds. The van der Waals surface area contributed by atoms with Gasteiger partial charge in [0.25, 0.3) is 0 Å². The van der Waals surface area contributed by atoms with E-state index in [0.717, 1.165) is 0 Å². The Bertz CT molecular complexity index is 316. The molecule has 0 unspecified atom stereocenters. The molecule has 3 nitrogen and oxygen atoms in total. The van der Waals surface area contributed by atoms with Gasteiger partial charge >= 0.3 is 15.6 Å². The zero-order valence-electron chi connectivity index (χ0n) is 6.17. The predicted octanol–water partition coefficient (Wildman–Crippen LogP) is 1.83. The molecule has 1 aliphatic rings. The minimum absolute atomic E-state index is 0.151. The van der Waals surface area contributed by atoms with Crippen molar-refractivity contribution in [3.8, 4) is 0 Å². The topological polar surface area (TPSA) is 43.4 Å². The summed E-state index contributed by atoms with van der Waals surface area (Å²) >= 11 is 1.21. The summed E-state index contributed by atoms with van der Waals surface area (Å²) in [5.41, 5.74) is -5.35. The van der Waals surface area contributed by atoms with E-state index in [-0.39, 0.29) is 12.2 Å². The first-order valence-electron chi connectivity index (χ1n) is 3.14. The van der Waals surface area contributed by atoms with Crippen LogP contribution in [-0.4, -0.2) is 19.7 Å². The molecule has 0 saturated heterocycles. The van der Waals surface area contributed by atoms with E-state index in [1.54, 1.807) is 0 Å². The van der Waals surface area contributed by atoms with Gasteiger partial charge in [-0.15, -0.1) is 11.8 Å². The van der Waals surface area contributed by atoms with Crippen molar-refractivity contribution in [2.75, 3.05) is 5.75 Å². The van der Waals surface area contributed by atoms with Crippen LogP contribution in [-0.2, 0) is 14.3 Å². The van der Waals surface area contributed by atoms with E-state index in [4.69, 9.17) is 0 Å². The first-order chi connectivity index (χ1) is 5.83. The standard InChI is InChI=1S/C5H5F3O3S2/c6-5(7,8)13(9,10)11-4-1-2-12-3-4/h3H,1-2H2. The van der Waals surface area contributed by atoms with Crippen molar-refractivity contribution in [3.05, 3.63) is 11.2 Å². The Kier molecular flexibility index (Phi) is 2.81. The van der Waals surface area contributed by atoms with Gasteiger partial charge in [0.1, 0.15) is 5.76 Å². The summed E-state index contributed by atoms with van der Waals surface area (Å²) in [6.07, 6.45) is 0.208. The third kappa shape index (κ3) is 2.53. The molecule has 0 spiro atoms. The molecule has 0 N–H and O–H groups in total. The highest BCUT2D eigenvalue weighted by Crippen LogP contribution is 2.30. The molecule has 0 fully saturated rings. The number of rotatable bonds is 2. The largest absolute Gasteiger partial charge is 0.534 e. The Labute approximate surface area is 77.1 Å². The van der Waals surface area contributed by atoms with Crippen LogP contribution in [0.5, 0.6) is 0 Å². The molecular weight excluding hydrogens is 229 g/mol. The van der Waals surface area contributed by atoms with Gasteiger partial charge in [-0.1, -0.05) is 0 Å². The first kappa shape index (κ1) is 10.7. The summed E-state index contributed by atoms with van der Waals surface area (Å²) in [5, 5.41) is 1.27. The second-order valence-corrected chi connectivity index (χ2v) is 4.70. The van der Waals surface area contributed by atoms with Crippen molar-refractivity contribution in [2.24, 2.45) is 0 Å². The van der Waals surface area contributed by atoms with Gasteiger partial charge in [0, 0.05) is 17.6 Å². The maximum atomic E-state index is 11.7. The third-order valence-electron chi connectivity index (χ3n) is 1.18. The van der Waals surface area contributed by atoms with Gasteiger partial charge in [0.15, 0.2) is 0 Å². The van der Waals surface area contributed by atoms with Crippen LogP contribution < -0.4 is 0 Å². The number of hydrogen-bond donors (Lipinski definition) is 0. The molecule has 76 valence electrons. The minimum Gasteiger partial charge on any atom is -0.380 e. The van der Waals surface area contributed by atoms with Crippen molar-refractivity contribution in [2.45, 2.75) is 11.9 Å². The molecule has 0 saturated carbocycles. The van der Waals surface area contributed by atoms with Crippen LogP contribution in [0, 0.1) is 0 Å². The number of hydrogen-bond acceptors (Lipinski definition) is 4. The van der Waals surface area contributed by atoms with E-state index in [9.17, 15) is 21.6 Å². The van der Waals surface area contributed by atoms with Crippen molar-refractivity contribution < 1.29 is 25.8 Å². The molecule has 1 rings (SSSR count). The highest BCUT2D eigenvalue weighted by atomic mass is 32.2. The second kappa shape index (κ2) is 3.41. The van der Waals surface area contributed by atoms with Gasteiger partial charge in [-0.05, 0) is 0 Å². The van der Waals surface area contributed by atoms with E-state index < -0.39 is 15.6 Å². The van der Waals surface area contributed by atoms with E-state index in [1.807, 2.05) is 0 Å². The number of allylic oxidation sites excluding steroid dienone is 1. The minimum atomic E-state index is -5.46. The Balaban J connectivity index is 2.73.